The minimum absolute atomic E-state index is 0.195. The van der Waals surface area contributed by atoms with Gasteiger partial charge in [0, 0.05) is 22.3 Å². The number of aryl methyl sites for hydroxylation is 2. The maximum atomic E-state index is 13.4. The second-order valence-corrected chi connectivity index (χ2v) is 8.75. The predicted molar refractivity (Wildman–Crippen MR) is 127 cm³/mol. The number of thiophene rings is 1. The van der Waals surface area contributed by atoms with Gasteiger partial charge < -0.3 is 10.6 Å². The van der Waals surface area contributed by atoms with Crippen molar-refractivity contribution in [1.29, 1.82) is 0 Å². The van der Waals surface area contributed by atoms with Crippen molar-refractivity contribution >= 4 is 28.9 Å². The number of carbonyl (C=O) groups is 1. The van der Waals surface area contributed by atoms with Gasteiger partial charge in [-0.05, 0) is 56.0 Å². The highest BCUT2D eigenvalue weighted by Gasteiger charge is 2.36. The average Bonchev–Trinajstić information content (AvgIpc) is 3.39. The zero-order chi connectivity index (χ0) is 22.2. The zero-order valence-electron chi connectivity index (χ0n) is 18.0. The normalized spacial score (nSPS) is 15.3. The summed E-state index contributed by atoms with van der Waals surface area (Å²) in [6.45, 7) is 6.00. The molecule has 8 heteroatoms. The van der Waals surface area contributed by atoms with E-state index in [0.29, 0.717) is 23.0 Å². The second-order valence-electron chi connectivity index (χ2n) is 7.80. The third kappa shape index (κ3) is 3.58. The Labute approximate surface area is 189 Å². The smallest absolute Gasteiger partial charge is 0.255 e. The van der Waals surface area contributed by atoms with Crippen LogP contribution in [0.4, 0.5) is 11.6 Å². The largest absolute Gasteiger partial charge is 0.328 e. The van der Waals surface area contributed by atoms with Gasteiger partial charge in [0.1, 0.15) is 6.04 Å². The number of allylic oxidation sites excluding steroid dienone is 1. The first kappa shape index (κ1) is 20.1. The summed E-state index contributed by atoms with van der Waals surface area (Å²) in [5, 5.41) is 13.1. The van der Waals surface area contributed by atoms with Gasteiger partial charge in [-0.1, -0.05) is 23.8 Å². The van der Waals surface area contributed by atoms with Crippen molar-refractivity contribution in [3.63, 3.8) is 0 Å². The van der Waals surface area contributed by atoms with Crippen LogP contribution < -0.4 is 10.6 Å². The predicted octanol–water partition coefficient (Wildman–Crippen LogP) is 4.95. The Morgan fingerprint density at radius 2 is 2.03 bits per heavy atom. The van der Waals surface area contributed by atoms with E-state index in [0.717, 1.165) is 27.3 Å². The van der Waals surface area contributed by atoms with Crippen molar-refractivity contribution in [3.05, 3.63) is 87.5 Å². The highest BCUT2D eigenvalue weighted by molar-refractivity contribution is 7.10. The van der Waals surface area contributed by atoms with Crippen LogP contribution in [0.25, 0.3) is 11.4 Å². The fraction of sp³-hybridized carbons (Fsp3) is 0.167. The van der Waals surface area contributed by atoms with Crippen molar-refractivity contribution in [2.24, 2.45) is 0 Å². The highest BCUT2D eigenvalue weighted by Crippen LogP contribution is 2.40. The molecule has 3 aromatic heterocycles. The number of amides is 1. The Hall–Kier alpha value is -3.78. The minimum atomic E-state index is -0.381. The maximum Gasteiger partial charge on any atom is 0.255 e. The number of hydrogen-bond donors (Lipinski definition) is 2. The van der Waals surface area contributed by atoms with Crippen molar-refractivity contribution in [3.8, 4) is 11.4 Å². The lowest BCUT2D eigenvalue weighted by Gasteiger charge is -2.28. The summed E-state index contributed by atoms with van der Waals surface area (Å²) < 4.78 is 1.82. The monoisotopic (exact) mass is 442 g/mol. The molecule has 0 bridgehead atoms. The van der Waals surface area contributed by atoms with E-state index in [1.165, 1.54) is 0 Å². The zero-order valence-corrected chi connectivity index (χ0v) is 18.8. The van der Waals surface area contributed by atoms with E-state index in [2.05, 4.69) is 34.7 Å². The van der Waals surface area contributed by atoms with Crippen LogP contribution in [0, 0.1) is 13.8 Å². The molecule has 1 atom stereocenters. The Kier molecular flexibility index (Phi) is 5.07. The average molecular weight is 443 g/mol. The van der Waals surface area contributed by atoms with Crippen LogP contribution in [-0.2, 0) is 4.79 Å². The van der Waals surface area contributed by atoms with Gasteiger partial charge in [-0.15, -0.1) is 16.4 Å². The number of anilines is 2. The van der Waals surface area contributed by atoms with Gasteiger partial charge in [0.05, 0.1) is 17.5 Å². The SMILES string of the molecule is CC1=C(C(=O)Nc2cccnc2)C(c2sccc2C)n2nc(-c3cccc(C)c3)nc2N1. The molecular formula is C24H22N6OS. The van der Waals surface area contributed by atoms with Crippen molar-refractivity contribution in [1.82, 2.24) is 19.7 Å². The summed E-state index contributed by atoms with van der Waals surface area (Å²) >= 11 is 1.61. The van der Waals surface area contributed by atoms with Gasteiger partial charge in [0.25, 0.3) is 5.91 Å². The molecule has 4 heterocycles. The van der Waals surface area contributed by atoms with Crippen LogP contribution in [0.2, 0.25) is 0 Å². The lowest BCUT2D eigenvalue weighted by Crippen LogP contribution is -2.31. The summed E-state index contributed by atoms with van der Waals surface area (Å²) in [5.41, 5.74) is 5.19. The fourth-order valence-electron chi connectivity index (χ4n) is 3.89. The first-order valence-electron chi connectivity index (χ1n) is 10.3. The highest BCUT2D eigenvalue weighted by atomic mass is 32.1. The summed E-state index contributed by atoms with van der Waals surface area (Å²) in [4.78, 5) is 23.3. The van der Waals surface area contributed by atoms with Crippen LogP contribution in [0.15, 0.2) is 71.5 Å². The Morgan fingerprint density at radius 1 is 1.16 bits per heavy atom. The molecule has 0 spiro atoms. The van der Waals surface area contributed by atoms with Crippen LogP contribution in [0.5, 0.6) is 0 Å². The summed E-state index contributed by atoms with van der Waals surface area (Å²) in [7, 11) is 0. The van der Waals surface area contributed by atoms with Gasteiger partial charge in [-0.25, -0.2) is 4.68 Å². The second kappa shape index (κ2) is 8.05. The van der Waals surface area contributed by atoms with Crippen LogP contribution >= 0.6 is 11.3 Å². The lowest BCUT2D eigenvalue weighted by atomic mass is 9.99. The number of carbonyl (C=O) groups excluding carboxylic acids is 1. The molecule has 5 rings (SSSR count). The molecule has 1 amide bonds. The molecule has 0 fully saturated rings. The summed E-state index contributed by atoms with van der Waals surface area (Å²) in [6, 6.07) is 13.4. The molecule has 1 aromatic carbocycles. The first-order chi connectivity index (χ1) is 15.5. The van der Waals surface area contributed by atoms with Crippen molar-refractivity contribution < 1.29 is 4.79 Å². The minimum Gasteiger partial charge on any atom is -0.328 e. The number of nitrogens with one attached hydrogen (secondary N) is 2. The van der Waals surface area contributed by atoms with Gasteiger partial charge in [-0.2, -0.15) is 4.98 Å². The first-order valence-corrected chi connectivity index (χ1v) is 11.2. The van der Waals surface area contributed by atoms with Crippen molar-refractivity contribution in [2.75, 3.05) is 10.6 Å². The van der Waals surface area contributed by atoms with Crippen LogP contribution in [-0.4, -0.2) is 25.7 Å². The lowest BCUT2D eigenvalue weighted by molar-refractivity contribution is -0.113. The van der Waals surface area contributed by atoms with E-state index in [4.69, 9.17) is 10.1 Å². The maximum absolute atomic E-state index is 13.4. The third-order valence-electron chi connectivity index (χ3n) is 5.44. The molecule has 7 nitrogen and oxygen atoms in total. The third-order valence-corrected chi connectivity index (χ3v) is 6.51. The molecule has 0 aliphatic carbocycles. The molecule has 0 radical (unpaired) electrons. The molecular weight excluding hydrogens is 420 g/mol. The van der Waals surface area contributed by atoms with Gasteiger partial charge in [0.15, 0.2) is 5.82 Å². The van der Waals surface area contributed by atoms with E-state index < -0.39 is 0 Å². The number of aromatic nitrogens is 4. The van der Waals surface area contributed by atoms with E-state index in [1.54, 1.807) is 29.8 Å². The van der Waals surface area contributed by atoms with E-state index in [9.17, 15) is 4.79 Å². The number of hydrogen-bond acceptors (Lipinski definition) is 6. The number of rotatable bonds is 4. The van der Waals surface area contributed by atoms with E-state index in [1.807, 2.05) is 48.2 Å². The number of nitrogens with zero attached hydrogens (tertiary/aromatic N) is 4. The molecule has 1 aliphatic rings. The Bertz CT molecular complexity index is 1340. The molecule has 160 valence electrons. The van der Waals surface area contributed by atoms with Crippen LogP contribution in [0.3, 0.4) is 0 Å². The molecule has 4 aromatic rings. The quantitative estimate of drug-likeness (QED) is 0.467. The van der Waals surface area contributed by atoms with Crippen LogP contribution in [0.1, 0.15) is 29.0 Å². The molecule has 0 saturated carbocycles. The molecule has 2 N–H and O–H groups in total. The topological polar surface area (TPSA) is 84.7 Å². The van der Waals surface area contributed by atoms with Gasteiger partial charge in [0.2, 0.25) is 5.95 Å². The number of benzene rings is 1. The standard InChI is InChI=1S/C24H22N6OS/c1-14-6-4-7-17(12-14)22-28-24-26-16(3)19(23(31)27-18-8-5-10-25-13-18)20(30(24)29-22)21-15(2)9-11-32-21/h4-13,20H,1-3H3,(H,27,31)(H,26,28,29). The Morgan fingerprint density at radius 3 is 2.75 bits per heavy atom. The summed E-state index contributed by atoms with van der Waals surface area (Å²) in [5.74, 6) is 1.05. The molecule has 0 saturated heterocycles. The number of fused-ring (bicyclic) bond motifs is 1. The van der Waals surface area contributed by atoms with Gasteiger partial charge in [-0.3, -0.25) is 9.78 Å². The molecule has 1 unspecified atom stereocenters. The molecule has 1 aliphatic heterocycles. The summed E-state index contributed by atoms with van der Waals surface area (Å²) in [6.07, 6.45) is 3.31. The fourth-order valence-corrected chi connectivity index (χ4v) is 4.91. The van der Waals surface area contributed by atoms with E-state index in [-0.39, 0.29) is 11.9 Å². The molecule has 32 heavy (non-hydrogen) atoms. The Balaban J connectivity index is 1.61. The van der Waals surface area contributed by atoms with Gasteiger partial charge >= 0.3 is 0 Å². The van der Waals surface area contributed by atoms with Crippen molar-refractivity contribution in [2.45, 2.75) is 26.8 Å². The van der Waals surface area contributed by atoms with E-state index >= 15 is 0 Å². The number of pyridine rings is 1.